The SMILES string of the molecule is CC[C@H](C(=O)NCc1ccc(Cl)cc1Cl)N(c1cccc(Cl)c1)S(C)(=O)=O. The molecule has 0 aromatic heterocycles. The average Bonchev–Trinajstić information content (AvgIpc) is 2.57. The molecule has 0 aliphatic heterocycles. The number of halogens is 3. The number of carbonyl (C=O) groups is 1. The van der Waals surface area contributed by atoms with E-state index in [9.17, 15) is 13.2 Å². The maximum absolute atomic E-state index is 12.8. The molecule has 0 unspecified atom stereocenters. The summed E-state index contributed by atoms with van der Waals surface area (Å²) in [4.78, 5) is 12.8. The van der Waals surface area contributed by atoms with Crippen LogP contribution in [0.2, 0.25) is 15.1 Å². The Bertz CT molecular complexity index is 935. The molecule has 0 fully saturated rings. The summed E-state index contributed by atoms with van der Waals surface area (Å²) in [5.41, 5.74) is 1.01. The summed E-state index contributed by atoms with van der Waals surface area (Å²) in [6, 6.07) is 10.4. The molecule has 0 heterocycles. The van der Waals surface area contributed by atoms with Gasteiger partial charge in [-0.2, -0.15) is 0 Å². The number of carbonyl (C=O) groups excluding carboxylic acids is 1. The molecule has 1 atom stereocenters. The van der Waals surface area contributed by atoms with Crippen LogP contribution < -0.4 is 9.62 Å². The van der Waals surface area contributed by atoms with Crippen molar-refractivity contribution in [2.75, 3.05) is 10.6 Å². The third-order valence-electron chi connectivity index (χ3n) is 3.86. The fourth-order valence-electron chi connectivity index (χ4n) is 2.64. The highest BCUT2D eigenvalue weighted by Gasteiger charge is 2.31. The quantitative estimate of drug-likeness (QED) is 0.676. The van der Waals surface area contributed by atoms with Crippen molar-refractivity contribution in [3.63, 3.8) is 0 Å². The Hall–Kier alpha value is -1.47. The minimum absolute atomic E-state index is 0.151. The molecule has 2 rings (SSSR count). The van der Waals surface area contributed by atoms with E-state index in [1.807, 2.05) is 0 Å². The number of amides is 1. The Kier molecular flexibility index (Phi) is 7.40. The van der Waals surface area contributed by atoms with E-state index in [-0.39, 0.29) is 13.0 Å². The molecular formula is C18H19Cl3N2O3S. The van der Waals surface area contributed by atoms with Gasteiger partial charge in [-0.25, -0.2) is 8.42 Å². The van der Waals surface area contributed by atoms with Gasteiger partial charge in [-0.3, -0.25) is 9.10 Å². The summed E-state index contributed by atoms with van der Waals surface area (Å²) in [6.45, 7) is 1.89. The smallest absolute Gasteiger partial charge is 0.244 e. The lowest BCUT2D eigenvalue weighted by atomic mass is 10.1. The fourth-order valence-corrected chi connectivity index (χ4v) is 4.50. The van der Waals surface area contributed by atoms with Crippen LogP contribution in [0.3, 0.4) is 0 Å². The second-order valence-electron chi connectivity index (χ2n) is 5.92. The maximum Gasteiger partial charge on any atom is 0.244 e. The summed E-state index contributed by atoms with van der Waals surface area (Å²) in [5, 5.41) is 4.03. The lowest BCUT2D eigenvalue weighted by molar-refractivity contribution is -0.122. The summed E-state index contributed by atoms with van der Waals surface area (Å²) in [7, 11) is -3.72. The van der Waals surface area contributed by atoms with Crippen LogP contribution in [-0.2, 0) is 21.4 Å². The molecule has 27 heavy (non-hydrogen) atoms. The Morgan fingerprint density at radius 1 is 1.11 bits per heavy atom. The number of rotatable bonds is 7. The van der Waals surface area contributed by atoms with Gasteiger partial charge in [0.1, 0.15) is 6.04 Å². The molecule has 5 nitrogen and oxygen atoms in total. The van der Waals surface area contributed by atoms with E-state index in [2.05, 4.69) is 5.32 Å². The van der Waals surface area contributed by atoms with E-state index in [1.54, 1.807) is 43.3 Å². The van der Waals surface area contributed by atoms with Crippen molar-refractivity contribution in [2.24, 2.45) is 0 Å². The first-order chi connectivity index (χ1) is 12.6. The molecule has 0 aliphatic rings. The van der Waals surface area contributed by atoms with Crippen LogP contribution in [0.1, 0.15) is 18.9 Å². The first kappa shape index (κ1) is 21.8. The highest BCUT2D eigenvalue weighted by molar-refractivity contribution is 7.92. The van der Waals surface area contributed by atoms with Gasteiger partial charge in [-0.05, 0) is 42.3 Å². The van der Waals surface area contributed by atoms with Gasteiger partial charge in [0.15, 0.2) is 0 Å². The number of nitrogens with zero attached hydrogens (tertiary/aromatic N) is 1. The lowest BCUT2D eigenvalue weighted by Gasteiger charge is -2.30. The molecular weight excluding hydrogens is 431 g/mol. The third-order valence-corrected chi connectivity index (χ3v) is 5.86. The van der Waals surface area contributed by atoms with Crippen LogP contribution in [0.5, 0.6) is 0 Å². The van der Waals surface area contributed by atoms with Crippen molar-refractivity contribution in [3.05, 3.63) is 63.1 Å². The predicted molar refractivity (Wildman–Crippen MR) is 111 cm³/mol. The van der Waals surface area contributed by atoms with Gasteiger partial charge in [0.25, 0.3) is 0 Å². The molecule has 9 heteroatoms. The van der Waals surface area contributed by atoms with Crippen LogP contribution in [0.15, 0.2) is 42.5 Å². The van der Waals surface area contributed by atoms with E-state index in [0.29, 0.717) is 26.3 Å². The summed E-state index contributed by atoms with van der Waals surface area (Å²) in [6.07, 6.45) is 1.33. The van der Waals surface area contributed by atoms with Crippen molar-refractivity contribution in [3.8, 4) is 0 Å². The topological polar surface area (TPSA) is 66.5 Å². The zero-order chi connectivity index (χ0) is 20.2. The van der Waals surface area contributed by atoms with Crippen molar-refractivity contribution in [1.82, 2.24) is 5.32 Å². The number of sulfonamides is 1. The first-order valence-corrected chi connectivity index (χ1v) is 11.1. The van der Waals surface area contributed by atoms with Gasteiger partial charge in [0, 0.05) is 21.6 Å². The third kappa shape index (κ3) is 5.75. The second kappa shape index (κ2) is 9.15. The Morgan fingerprint density at radius 2 is 1.78 bits per heavy atom. The zero-order valence-corrected chi connectivity index (χ0v) is 17.8. The second-order valence-corrected chi connectivity index (χ2v) is 9.06. The summed E-state index contributed by atoms with van der Waals surface area (Å²) >= 11 is 18.0. The molecule has 0 saturated heterocycles. The molecule has 0 aliphatic carbocycles. The van der Waals surface area contributed by atoms with Crippen LogP contribution in [0.4, 0.5) is 5.69 Å². The minimum Gasteiger partial charge on any atom is -0.350 e. The van der Waals surface area contributed by atoms with Gasteiger partial charge in [0.05, 0.1) is 11.9 Å². The van der Waals surface area contributed by atoms with Crippen LogP contribution in [-0.4, -0.2) is 26.6 Å². The molecule has 1 amide bonds. The number of hydrogen-bond acceptors (Lipinski definition) is 3. The highest BCUT2D eigenvalue weighted by atomic mass is 35.5. The van der Waals surface area contributed by atoms with Crippen LogP contribution in [0, 0.1) is 0 Å². The number of nitrogens with one attached hydrogen (secondary N) is 1. The first-order valence-electron chi connectivity index (χ1n) is 8.10. The number of anilines is 1. The van der Waals surface area contributed by atoms with E-state index < -0.39 is 22.0 Å². The van der Waals surface area contributed by atoms with E-state index in [0.717, 1.165) is 10.6 Å². The van der Waals surface area contributed by atoms with E-state index in [4.69, 9.17) is 34.8 Å². The molecule has 2 aromatic carbocycles. The van der Waals surface area contributed by atoms with Gasteiger partial charge < -0.3 is 5.32 Å². The maximum atomic E-state index is 12.8. The molecule has 2 aromatic rings. The molecule has 0 radical (unpaired) electrons. The van der Waals surface area contributed by atoms with Gasteiger partial charge in [-0.15, -0.1) is 0 Å². The summed E-state index contributed by atoms with van der Waals surface area (Å²) < 4.78 is 25.8. The number of hydrogen-bond donors (Lipinski definition) is 1. The molecule has 0 spiro atoms. The fraction of sp³-hybridized carbons (Fsp3) is 0.278. The normalized spacial score (nSPS) is 12.5. The van der Waals surface area contributed by atoms with Gasteiger partial charge in [0.2, 0.25) is 15.9 Å². The zero-order valence-electron chi connectivity index (χ0n) is 14.7. The van der Waals surface area contributed by atoms with Crippen LogP contribution >= 0.6 is 34.8 Å². The van der Waals surface area contributed by atoms with Crippen molar-refractivity contribution in [2.45, 2.75) is 25.9 Å². The molecule has 0 saturated carbocycles. The summed E-state index contributed by atoms with van der Waals surface area (Å²) in [5.74, 6) is -0.436. The average molecular weight is 450 g/mol. The molecule has 0 bridgehead atoms. The predicted octanol–water partition coefficient (Wildman–Crippen LogP) is 4.51. The Morgan fingerprint density at radius 3 is 2.33 bits per heavy atom. The molecule has 1 N–H and O–H groups in total. The molecule has 146 valence electrons. The highest BCUT2D eigenvalue weighted by Crippen LogP contribution is 2.26. The van der Waals surface area contributed by atoms with E-state index in [1.165, 1.54) is 6.07 Å². The minimum atomic E-state index is -3.72. The Balaban J connectivity index is 2.26. The standard InChI is InChI=1S/C18H19Cl3N2O3S/c1-3-17(18(24)22-11-12-7-8-14(20)10-16(12)21)23(27(2,25)26)15-6-4-5-13(19)9-15/h4-10,17H,3,11H2,1-2H3,(H,22,24)/t17-/m1/s1. The van der Waals surface area contributed by atoms with E-state index >= 15 is 0 Å². The van der Waals surface area contributed by atoms with Crippen molar-refractivity contribution < 1.29 is 13.2 Å². The van der Waals surface area contributed by atoms with Crippen molar-refractivity contribution in [1.29, 1.82) is 0 Å². The largest absolute Gasteiger partial charge is 0.350 e. The van der Waals surface area contributed by atoms with Gasteiger partial charge >= 0.3 is 0 Å². The lowest BCUT2D eigenvalue weighted by Crippen LogP contribution is -2.49. The Labute approximate surface area is 174 Å². The van der Waals surface area contributed by atoms with Crippen LogP contribution in [0.25, 0.3) is 0 Å². The number of benzene rings is 2. The monoisotopic (exact) mass is 448 g/mol. The van der Waals surface area contributed by atoms with Gasteiger partial charge in [-0.1, -0.05) is 53.9 Å². The van der Waals surface area contributed by atoms with Crippen molar-refractivity contribution >= 4 is 56.4 Å².